The number of hydrogen-bond donors (Lipinski definition) is 3. The summed E-state index contributed by atoms with van der Waals surface area (Å²) in [6.07, 6.45) is 4.10. The number of halogens is 1. The molecule has 0 bridgehead atoms. The fourth-order valence-electron chi connectivity index (χ4n) is 2.71. The molecule has 0 unspecified atom stereocenters. The molecule has 0 aromatic heterocycles. The lowest BCUT2D eigenvalue weighted by molar-refractivity contribution is -0.150. The molecule has 1 saturated carbocycles. The van der Waals surface area contributed by atoms with Gasteiger partial charge in [0.1, 0.15) is 0 Å². The topological polar surface area (TPSA) is 92.4 Å². The smallest absolute Gasteiger partial charge is 0.311 e. The van der Waals surface area contributed by atoms with Gasteiger partial charge in [-0.3, -0.25) is 9.59 Å². The van der Waals surface area contributed by atoms with E-state index in [9.17, 15) is 14.7 Å². The van der Waals surface area contributed by atoms with Crippen molar-refractivity contribution in [2.24, 2.45) is 5.41 Å². The minimum absolute atomic E-state index is 0.170. The standard InChI is InChI=1S/C15H19BrN2O3/c16-11-8-10(4-5-12(11)17)13(19)18-9-15(14(20)21)6-2-1-3-7-15/h4-5,8H,1-3,6-7,9,17H2,(H,18,19)(H,20,21). The van der Waals surface area contributed by atoms with Crippen LogP contribution in [-0.4, -0.2) is 23.5 Å². The van der Waals surface area contributed by atoms with Gasteiger partial charge in [0.25, 0.3) is 5.91 Å². The maximum absolute atomic E-state index is 12.1. The zero-order chi connectivity index (χ0) is 15.5. The van der Waals surface area contributed by atoms with Gasteiger partial charge in [-0.25, -0.2) is 0 Å². The van der Waals surface area contributed by atoms with Gasteiger partial charge in [-0.15, -0.1) is 0 Å². The second kappa shape index (κ2) is 6.47. The van der Waals surface area contributed by atoms with Gasteiger partial charge in [-0.2, -0.15) is 0 Å². The molecule has 1 aromatic carbocycles. The Morgan fingerprint density at radius 3 is 2.52 bits per heavy atom. The van der Waals surface area contributed by atoms with Crippen molar-refractivity contribution in [3.8, 4) is 0 Å². The molecule has 0 saturated heterocycles. The molecular formula is C15H19BrN2O3. The van der Waals surface area contributed by atoms with Crippen LogP contribution in [0, 0.1) is 5.41 Å². The van der Waals surface area contributed by atoms with Gasteiger partial charge in [0.15, 0.2) is 0 Å². The summed E-state index contributed by atoms with van der Waals surface area (Å²) in [5.41, 5.74) is 5.89. The molecule has 5 nitrogen and oxygen atoms in total. The van der Waals surface area contributed by atoms with Crippen molar-refractivity contribution in [1.29, 1.82) is 0 Å². The normalized spacial score (nSPS) is 17.2. The molecule has 0 radical (unpaired) electrons. The Morgan fingerprint density at radius 1 is 1.29 bits per heavy atom. The number of carbonyl (C=O) groups excluding carboxylic acids is 1. The summed E-state index contributed by atoms with van der Waals surface area (Å²) in [5, 5.41) is 12.2. The molecule has 4 N–H and O–H groups in total. The molecule has 1 aliphatic rings. The van der Waals surface area contributed by atoms with Crippen LogP contribution in [0.1, 0.15) is 42.5 Å². The van der Waals surface area contributed by atoms with E-state index in [1.54, 1.807) is 18.2 Å². The maximum atomic E-state index is 12.1. The van der Waals surface area contributed by atoms with Crippen LogP contribution in [0.5, 0.6) is 0 Å². The number of nitrogens with one attached hydrogen (secondary N) is 1. The van der Waals surface area contributed by atoms with Crippen molar-refractivity contribution < 1.29 is 14.7 Å². The average Bonchev–Trinajstić information content (AvgIpc) is 2.48. The number of anilines is 1. The average molecular weight is 355 g/mol. The summed E-state index contributed by atoms with van der Waals surface area (Å²) >= 11 is 3.28. The molecule has 1 amide bonds. The van der Waals surface area contributed by atoms with Crippen LogP contribution in [-0.2, 0) is 4.79 Å². The highest BCUT2D eigenvalue weighted by molar-refractivity contribution is 9.10. The van der Waals surface area contributed by atoms with E-state index < -0.39 is 11.4 Å². The number of carboxylic acids is 1. The van der Waals surface area contributed by atoms with Gasteiger partial charge in [0.05, 0.1) is 5.41 Å². The second-order valence-corrected chi connectivity index (χ2v) is 6.42. The van der Waals surface area contributed by atoms with Gasteiger partial charge in [0.2, 0.25) is 0 Å². The number of nitrogens with two attached hydrogens (primary N) is 1. The predicted octanol–water partition coefficient (Wildman–Crippen LogP) is 2.80. The Hall–Kier alpha value is -1.56. The number of carboxylic acid groups (broad SMARTS) is 1. The summed E-state index contributed by atoms with van der Waals surface area (Å²) in [5.74, 6) is -1.09. The highest BCUT2D eigenvalue weighted by Gasteiger charge is 2.39. The molecule has 0 aliphatic heterocycles. The van der Waals surface area contributed by atoms with Crippen LogP contribution in [0.15, 0.2) is 22.7 Å². The van der Waals surface area contributed by atoms with E-state index in [4.69, 9.17) is 5.73 Å². The van der Waals surface area contributed by atoms with Crippen LogP contribution >= 0.6 is 15.9 Å². The van der Waals surface area contributed by atoms with Crippen molar-refractivity contribution in [3.63, 3.8) is 0 Å². The first-order valence-electron chi connectivity index (χ1n) is 7.01. The third kappa shape index (κ3) is 3.56. The van der Waals surface area contributed by atoms with Crippen LogP contribution in [0.25, 0.3) is 0 Å². The quantitative estimate of drug-likeness (QED) is 0.724. The second-order valence-electron chi connectivity index (χ2n) is 5.57. The molecule has 0 atom stereocenters. The molecule has 114 valence electrons. The number of nitrogen functional groups attached to an aromatic ring is 1. The van der Waals surface area contributed by atoms with E-state index >= 15 is 0 Å². The zero-order valence-corrected chi connectivity index (χ0v) is 13.3. The molecule has 0 heterocycles. The van der Waals surface area contributed by atoms with Crippen molar-refractivity contribution in [2.75, 3.05) is 12.3 Å². The SMILES string of the molecule is Nc1ccc(C(=O)NCC2(C(=O)O)CCCCC2)cc1Br. The van der Waals surface area contributed by atoms with Crippen LogP contribution < -0.4 is 11.1 Å². The van der Waals surface area contributed by atoms with E-state index in [-0.39, 0.29) is 12.5 Å². The predicted molar refractivity (Wildman–Crippen MR) is 84.0 cm³/mol. The van der Waals surface area contributed by atoms with Crippen molar-refractivity contribution in [2.45, 2.75) is 32.1 Å². The molecule has 0 spiro atoms. The van der Waals surface area contributed by atoms with Gasteiger partial charge < -0.3 is 16.2 Å². The van der Waals surface area contributed by atoms with Crippen LogP contribution in [0.2, 0.25) is 0 Å². The summed E-state index contributed by atoms with van der Waals surface area (Å²) in [4.78, 5) is 23.7. The lowest BCUT2D eigenvalue weighted by Crippen LogP contribution is -2.44. The van der Waals surface area contributed by atoms with Crippen molar-refractivity contribution >= 4 is 33.5 Å². The lowest BCUT2D eigenvalue weighted by atomic mass is 9.74. The maximum Gasteiger partial charge on any atom is 0.311 e. The van der Waals surface area contributed by atoms with Gasteiger partial charge in [-0.1, -0.05) is 19.3 Å². The fraction of sp³-hybridized carbons (Fsp3) is 0.467. The number of benzene rings is 1. The number of amides is 1. The third-order valence-corrected chi connectivity index (χ3v) is 4.80. The van der Waals surface area contributed by atoms with E-state index in [1.807, 2.05) is 0 Å². The number of rotatable bonds is 4. The van der Waals surface area contributed by atoms with Crippen LogP contribution in [0.3, 0.4) is 0 Å². The Morgan fingerprint density at radius 2 is 1.95 bits per heavy atom. The summed E-state index contributed by atoms with van der Waals surface area (Å²) in [6, 6.07) is 4.91. The third-order valence-electron chi connectivity index (χ3n) is 4.11. The Kier molecular flexibility index (Phi) is 4.88. The number of carbonyl (C=O) groups is 2. The van der Waals surface area contributed by atoms with Crippen molar-refractivity contribution in [3.05, 3.63) is 28.2 Å². The fourth-order valence-corrected chi connectivity index (χ4v) is 3.09. The summed E-state index contributed by atoms with van der Waals surface area (Å²) in [6.45, 7) is 0.170. The minimum atomic E-state index is -0.820. The molecule has 1 fully saturated rings. The largest absolute Gasteiger partial charge is 0.481 e. The number of hydrogen-bond acceptors (Lipinski definition) is 3. The van der Waals surface area contributed by atoms with E-state index in [2.05, 4.69) is 21.2 Å². The summed E-state index contributed by atoms with van der Waals surface area (Å²) < 4.78 is 0.653. The van der Waals surface area contributed by atoms with Gasteiger partial charge in [-0.05, 0) is 47.0 Å². The van der Waals surface area contributed by atoms with Crippen LogP contribution in [0.4, 0.5) is 5.69 Å². The van der Waals surface area contributed by atoms with Gasteiger partial charge >= 0.3 is 5.97 Å². The molecular weight excluding hydrogens is 336 g/mol. The summed E-state index contributed by atoms with van der Waals surface area (Å²) in [7, 11) is 0. The zero-order valence-electron chi connectivity index (χ0n) is 11.7. The van der Waals surface area contributed by atoms with E-state index in [1.165, 1.54) is 0 Å². The number of aliphatic carboxylic acids is 1. The molecule has 6 heteroatoms. The monoisotopic (exact) mass is 354 g/mol. The highest BCUT2D eigenvalue weighted by atomic mass is 79.9. The molecule has 1 aliphatic carbocycles. The van der Waals surface area contributed by atoms with Gasteiger partial charge in [0, 0.05) is 22.3 Å². The first kappa shape index (κ1) is 15.8. The van der Waals surface area contributed by atoms with Crippen molar-refractivity contribution in [1.82, 2.24) is 5.32 Å². The lowest BCUT2D eigenvalue weighted by Gasteiger charge is -2.33. The van der Waals surface area contributed by atoms with E-state index in [0.29, 0.717) is 28.6 Å². The molecule has 2 rings (SSSR count). The first-order chi connectivity index (χ1) is 9.94. The molecule has 21 heavy (non-hydrogen) atoms. The Bertz CT molecular complexity index is 554. The van der Waals surface area contributed by atoms with E-state index in [0.717, 1.165) is 19.3 Å². The minimum Gasteiger partial charge on any atom is -0.481 e. The Labute approximate surface area is 132 Å². The highest BCUT2D eigenvalue weighted by Crippen LogP contribution is 2.36. The first-order valence-corrected chi connectivity index (χ1v) is 7.80. The Balaban J connectivity index is 2.05. The molecule has 1 aromatic rings.